The molecule has 4 saturated carbocycles. The van der Waals surface area contributed by atoms with Gasteiger partial charge >= 0.3 is 5.97 Å². The fraction of sp³-hybridized carbons (Fsp3) is 0.952. The smallest absolute Gasteiger partial charge is 0.311 e. The number of carbonyl (C=O) groups is 1. The van der Waals surface area contributed by atoms with Gasteiger partial charge < -0.3 is 9.84 Å². The van der Waals surface area contributed by atoms with E-state index < -0.39 is 0 Å². The molecule has 3 nitrogen and oxygen atoms in total. The van der Waals surface area contributed by atoms with Crippen molar-refractivity contribution in [1.29, 1.82) is 0 Å². The number of fused-ring (bicyclic) bond motifs is 3. The van der Waals surface area contributed by atoms with Gasteiger partial charge in [0.1, 0.15) is 0 Å². The van der Waals surface area contributed by atoms with Crippen LogP contribution in [0.5, 0.6) is 0 Å². The summed E-state index contributed by atoms with van der Waals surface area (Å²) in [4.78, 5) is 12.6. The molecule has 3 heteroatoms. The highest BCUT2D eigenvalue weighted by Gasteiger charge is 2.68. The Morgan fingerprint density at radius 2 is 1.83 bits per heavy atom. The Kier molecular flexibility index (Phi) is 3.67. The van der Waals surface area contributed by atoms with E-state index in [9.17, 15) is 9.90 Å². The molecule has 4 rings (SSSR count). The number of hydrogen-bond acceptors (Lipinski definition) is 3. The highest BCUT2D eigenvalue weighted by Crippen LogP contribution is 2.72. The van der Waals surface area contributed by atoms with Gasteiger partial charge in [0.15, 0.2) is 0 Å². The van der Waals surface area contributed by atoms with Crippen LogP contribution in [0.3, 0.4) is 0 Å². The van der Waals surface area contributed by atoms with Crippen molar-refractivity contribution in [3.8, 4) is 0 Å². The molecule has 0 radical (unpaired) electrons. The zero-order valence-corrected chi connectivity index (χ0v) is 15.8. The van der Waals surface area contributed by atoms with Gasteiger partial charge in [-0.2, -0.15) is 0 Å². The molecule has 0 aromatic heterocycles. The minimum absolute atomic E-state index is 0.0107. The Morgan fingerprint density at radius 3 is 2.54 bits per heavy atom. The van der Waals surface area contributed by atoms with Gasteiger partial charge in [-0.1, -0.05) is 20.3 Å². The molecule has 0 amide bonds. The average molecular weight is 334 g/mol. The highest BCUT2D eigenvalue weighted by atomic mass is 16.5. The fourth-order valence-corrected chi connectivity index (χ4v) is 8.24. The summed E-state index contributed by atoms with van der Waals surface area (Å²) < 4.78 is 5.23. The normalized spacial score (nSPS) is 56.3. The van der Waals surface area contributed by atoms with Crippen LogP contribution in [0.15, 0.2) is 0 Å². The van der Waals surface area contributed by atoms with Crippen LogP contribution in [-0.2, 0) is 9.53 Å². The third-order valence-electron chi connectivity index (χ3n) is 9.32. The maximum atomic E-state index is 12.6. The topological polar surface area (TPSA) is 46.5 Å². The van der Waals surface area contributed by atoms with Gasteiger partial charge in [0.2, 0.25) is 0 Å². The lowest BCUT2D eigenvalue weighted by Gasteiger charge is -2.64. The van der Waals surface area contributed by atoms with E-state index in [0.717, 1.165) is 25.7 Å². The van der Waals surface area contributed by atoms with Crippen LogP contribution in [0.1, 0.15) is 72.1 Å². The third kappa shape index (κ3) is 1.86. The number of ether oxygens (including phenoxy) is 1. The van der Waals surface area contributed by atoms with E-state index in [2.05, 4.69) is 20.8 Å². The summed E-state index contributed by atoms with van der Waals surface area (Å²) in [5.41, 5.74) is -0.0349. The van der Waals surface area contributed by atoms with Gasteiger partial charge in [-0.25, -0.2) is 0 Å². The van der Waals surface area contributed by atoms with Crippen LogP contribution in [0.2, 0.25) is 0 Å². The lowest BCUT2D eigenvalue weighted by atomic mass is 9.40. The number of carbonyl (C=O) groups excluding carboxylic acids is 1. The Hall–Kier alpha value is -0.570. The second kappa shape index (κ2) is 5.22. The van der Waals surface area contributed by atoms with E-state index in [1.807, 2.05) is 0 Å². The standard InChI is InChI=1S/C21H34O3/c1-13-14-6-7-16-19(2)9-5-10-20(3,18(23)24-4)15(19)8-11-21(16,12-14)17(13)22/h13-17,22H,5-12H2,1-4H3/t13-,14-,15+,16+,17+,19-,20-,21-/m1/s1. The second-order valence-electron chi connectivity index (χ2n) is 9.99. The summed E-state index contributed by atoms with van der Waals surface area (Å²) >= 11 is 0. The molecule has 4 aliphatic carbocycles. The van der Waals surface area contributed by atoms with Crippen LogP contribution >= 0.6 is 0 Å². The van der Waals surface area contributed by atoms with Crippen LogP contribution in [0, 0.1) is 39.9 Å². The first-order valence-electron chi connectivity index (χ1n) is 10.1. The molecule has 8 atom stereocenters. The van der Waals surface area contributed by atoms with Crippen LogP contribution < -0.4 is 0 Å². The van der Waals surface area contributed by atoms with Gasteiger partial charge in [-0.05, 0) is 81.0 Å². The van der Waals surface area contributed by atoms with E-state index in [-0.39, 0.29) is 28.3 Å². The van der Waals surface area contributed by atoms with Crippen LogP contribution in [-0.4, -0.2) is 24.3 Å². The molecule has 0 saturated heterocycles. The lowest BCUT2D eigenvalue weighted by Crippen LogP contribution is -2.60. The maximum Gasteiger partial charge on any atom is 0.311 e. The first kappa shape index (κ1) is 16.9. The van der Waals surface area contributed by atoms with Crippen LogP contribution in [0.4, 0.5) is 0 Å². The Bertz CT molecular complexity index is 545. The molecule has 136 valence electrons. The second-order valence-corrected chi connectivity index (χ2v) is 9.99. The maximum absolute atomic E-state index is 12.6. The summed E-state index contributed by atoms with van der Waals surface area (Å²) in [7, 11) is 1.54. The van der Waals surface area contributed by atoms with E-state index in [1.54, 1.807) is 0 Å². The van der Waals surface area contributed by atoms with Crippen molar-refractivity contribution in [2.45, 2.75) is 78.2 Å². The molecule has 4 fully saturated rings. The third-order valence-corrected chi connectivity index (χ3v) is 9.32. The minimum Gasteiger partial charge on any atom is -0.469 e. The summed E-state index contributed by atoms with van der Waals surface area (Å²) in [5, 5.41) is 11.2. The summed E-state index contributed by atoms with van der Waals surface area (Å²) in [6, 6.07) is 0. The quantitative estimate of drug-likeness (QED) is 0.732. The van der Waals surface area contributed by atoms with Gasteiger partial charge in [0.25, 0.3) is 0 Å². The van der Waals surface area contributed by atoms with Crippen molar-refractivity contribution in [3.63, 3.8) is 0 Å². The van der Waals surface area contributed by atoms with Crippen molar-refractivity contribution < 1.29 is 14.6 Å². The number of methoxy groups -OCH3 is 1. The molecule has 24 heavy (non-hydrogen) atoms. The first-order valence-corrected chi connectivity index (χ1v) is 10.1. The van der Waals surface area contributed by atoms with Crippen molar-refractivity contribution in [2.24, 2.45) is 39.9 Å². The minimum atomic E-state index is -0.338. The Balaban J connectivity index is 1.74. The lowest BCUT2D eigenvalue weighted by molar-refractivity contribution is -0.193. The SMILES string of the molecule is COC(=O)[C@]1(C)CCC[C@@]2(C)[C@@H]3CC[C@@H]4C[C@@]3(CC[C@@H]21)[C@@H](O)[C@@H]4C. The Morgan fingerprint density at radius 1 is 1.08 bits per heavy atom. The van der Waals surface area contributed by atoms with Crippen molar-refractivity contribution >= 4 is 5.97 Å². The molecule has 4 aliphatic rings. The number of hydrogen-bond donors (Lipinski definition) is 1. The Labute approximate surface area is 146 Å². The molecule has 0 heterocycles. The summed E-state index contributed by atoms with van der Waals surface area (Å²) in [6.45, 7) is 6.86. The van der Waals surface area contributed by atoms with E-state index in [0.29, 0.717) is 23.7 Å². The molecule has 1 spiro atoms. The number of aliphatic hydroxyl groups excluding tert-OH is 1. The van der Waals surface area contributed by atoms with Gasteiger partial charge in [-0.3, -0.25) is 4.79 Å². The predicted molar refractivity (Wildman–Crippen MR) is 93.2 cm³/mol. The molecule has 0 aliphatic heterocycles. The van der Waals surface area contributed by atoms with Crippen molar-refractivity contribution in [1.82, 2.24) is 0 Å². The molecular formula is C21H34O3. The largest absolute Gasteiger partial charge is 0.469 e. The zero-order chi connectivity index (χ0) is 17.3. The van der Waals surface area contributed by atoms with Crippen molar-refractivity contribution in [3.05, 3.63) is 0 Å². The zero-order valence-electron chi connectivity index (χ0n) is 15.8. The van der Waals surface area contributed by atoms with E-state index >= 15 is 0 Å². The first-order chi connectivity index (χ1) is 11.3. The summed E-state index contributed by atoms with van der Waals surface area (Å²) in [5.74, 6) is 2.13. The number of aliphatic hydroxyl groups is 1. The predicted octanol–water partition coefficient (Wildman–Crippen LogP) is 4.18. The highest BCUT2D eigenvalue weighted by molar-refractivity contribution is 5.77. The molecule has 0 aromatic rings. The number of rotatable bonds is 1. The van der Waals surface area contributed by atoms with Gasteiger partial charge in [0, 0.05) is 5.41 Å². The molecule has 0 unspecified atom stereocenters. The van der Waals surface area contributed by atoms with E-state index in [4.69, 9.17) is 4.74 Å². The fourth-order valence-electron chi connectivity index (χ4n) is 8.24. The monoisotopic (exact) mass is 334 g/mol. The molecular weight excluding hydrogens is 300 g/mol. The van der Waals surface area contributed by atoms with E-state index in [1.165, 1.54) is 32.8 Å². The van der Waals surface area contributed by atoms with Gasteiger partial charge in [0.05, 0.1) is 18.6 Å². The average Bonchev–Trinajstić information content (AvgIpc) is 2.74. The van der Waals surface area contributed by atoms with Crippen molar-refractivity contribution in [2.75, 3.05) is 7.11 Å². The molecule has 1 N–H and O–H groups in total. The summed E-state index contributed by atoms with van der Waals surface area (Å²) in [6.07, 6.45) is 9.06. The van der Waals surface area contributed by atoms with Gasteiger partial charge in [-0.15, -0.1) is 0 Å². The molecule has 2 bridgehead atoms. The van der Waals surface area contributed by atoms with Crippen LogP contribution in [0.25, 0.3) is 0 Å². The molecule has 0 aromatic carbocycles. The number of esters is 1.